The van der Waals surface area contributed by atoms with E-state index in [0.29, 0.717) is 12.0 Å². The van der Waals surface area contributed by atoms with Gasteiger partial charge in [0, 0.05) is 23.2 Å². The Balaban J connectivity index is 0.000000384. The summed E-state index contributed by atoms with van der Waals surface area (Å²) in [4.78, 5) is 21.7. The van der Waals surface area contributed by atoms with Gasteiger partial charge in [0.05, 0.1) is 0 Å². The van der Waals surface area contributed by atoms with E-state index in [1.54, 1.807) is 0 Å². The van der Waals surface area contributed by atoms with Crippen LogP contribution in [0.1, 0.15) is 41.1 Å². The number of nitrogens with one attached hydrogen (secondary N) is 2. The Bertz CT molecular complexity index is 1210. The summed E-state index contributed by atoms with van der Waals surface area (Å²) in [5, 5.41) is 13.9. The van der Waals surface area contributed by atoms with E-state index in [1.165, 1.54) is 24.8 Å². The molecule has 0 saturated heterocycles. The molecular formula is C28H27F3N2O3. The second-order valence-corrected chi connectivity index (χ2v) is 9.13. The van der Waals surface area contributed by atoms with Crippen molar-refractivity contribution in [2.24, 2.45) is 5.92 Å². The van der Waals surface area contributed by atoms with Crippen LogP contribution in [0.25, 0.3) is 11.1 Å². The van der Waals surface area contributed by atoms with Crippen molar-refractivity contribution in [3.05, 3.63) is 90.0 Å². The lowest BCUT2D eigenvalue weighted by Crippen LogP contribution is -2.21. The molecule has 3 aromatic rings. The van der Waals surface area contributed by atoms with Gasteiger partial charge in [-0.1, -0.05) is 54.6 Å². The van der Waals surface area contributed by atoms with E-state index in [0.717, 1.165) is 34.8 Å². The van der Waals surface area contributed by atoms with Gasteiger partial charge < -0.3 is 15.7 Å². The van der Waals surface area contributed by atoms with E-state index >= 15 is 0 Å². The molecule has 0 heterocycles. The maximum absolute atomic E-state index is 12.8. The standard InChI is InChI=1S/C26H26N2O.C2HF3O2/c29-26(28-23-11-5-8-20(15-23)19-6-2-1-3-7-19)22-10-4-9-21(14-22)24-16-25(24)27-17-18-12-13-18;3-2(4,5)1(6)7/h1-11,14-15,18,24-25,27H,12-13,16-17H2,(H,28,29);(H,6,7)/t24-,25+;/m0./s1. The van der Waals surface area contributed by atoms with Crippen molar-refractivity contribution in [1.82, 2.24) is 5.32 Å². The van der Waals surface area contributed by atoms with Gasteiger partial charge in [-0.25, -0.2) is 4.79 Å². The molecule has 0 bridgehead atoms. The van der Waals surface area contributed by atoms with Crippen LogP contribution in [-0.4, -0.2) is 35.7 Å². The highest BCUT2D eigenvalue weighted by Crippen LogP contribution is 2.42. The normalized spacial score (nSPS) is 18.5. The molecule has 0 spiro atoms. The number of carboxylic acid groups (broad SMARTS) is 1. The number of carbonyl (C=O) groups is 2. The van der Waals surface area contributed by atoms with Crippen LogP contribution in [0.3, 0.4) is 0 Å². The quantitative estimate of drug-likeness (QED) is 0.370. The first kappa shape index (κ1) is 25.4. The number of benzene rings is 3. The minimum absolute atomic E-state index is 0.0554. The molecular weight excluding hydrogens is 469 g/mol. The molecule has 0 aromatic heterocycles. The van der Waals surface area contributed by atoms with E-state index in [4.69, 9.17) is 9.90 Å². The third kappa shape index (κ3) is 7.18. The number of amides is 1. The Morgan fingerprint density at radius 1 is 0.889 bits per heavy atom. The van der Waals surface area contributed by atoms with Crippen molar-refractivity contribution >= 4 is 17.6 Å². The fourth-order valence-corrected chi connectivity index (χ4v) is 3.95. The third-order valence-corrected chi connectivity index (χ3v) is 6.20. The number of anilines is 1. The summed E-state index contributed by atoms with van der Waals surface area (Å²) in [5.74, 6) is -1.37. The molecule has 2 saturated carbocycles. The molecule has 5 rings (SSSR count). The highest BCUT2D eigenvalue weighted by atomic mass is 19.4. The van der Waals surface area contributed by atoms with Crippen molar-refractivity contribution in [2.45, 2.75) is 37.4 Å². The summed E-state index contributed by atoms with van der Waals surface area (Å²) in [5.41, 5.74) is 5.05. The van der Waals surface area contributed by atoms with Crippen molar-refractivity contribution in [2.75, 3.05) is 11.9 Å². The molecule has 5 nitrogen and oxygen atoms in total. The molecule has 3 N–H and O–H groups in total. The van der Waals surface area contributed by atoms with Gasteiger partial charge in [0.1, 0.15) is 0 Å². The second-order valence-electron chi connectivity index (χ2n) is 9.13. The number of rotatable bonds is 7. The van der Waals surface area contributed by atoms with Gasteiger partial charge >= 0.3 is 12.1 Å². The Hall–Kier alpha value is -3.65. The first-order valence-corrected chi connectivity index (χ1v) is 11.8. The van der Waals surface area contributed by atoms with Crippen molar-refractivity contribution in [3.8, 4) is 11.1 Å². The topological polar surface area (TPSA) is 78.4 Å². The first-order valence-electron chi connectivity index (χ1n) is 11.8. The van der Waals surface area contributed by atoms with E-state index in [9.17, 15) is 18.0 Å². The Labute approximate surface area is 207 Å². The van der Waals surface area contributed by atoms with Gasteiger partial charge in [0.25, 0.3) is 5.91 Å². The molecule has 0 unspecified atom stereocenters. The average molecular weight is 497 g/mol. The third-order valence-electron chi connectivity index (χ3n) is 6.20. The van der Waals surface area contributed by atoms with E-state index < -0.39 is 12.1 Å². The molecule has 36 heavy (non-hydrogen) atoms. The largest absolute Gasteiger partial charge is 0.490 e. The lowest BCUT2D eigenvalue weighted by atomic mass is 10.0. The predicted octanol–water partition coefficient (Wildman–Crippen LogP) is 6.09. The first-order chi connectivity index (χ1) is 17.2. The van der Waals surface area contributed by atoms with E-state index in [2.05, 4.69) is 41.0 Å². The van der Waals surface area contributed by atoms with Crippen LogP contribution in [0.15, 0.2) is 78.9 Å². The molecule has 8 heteroatoms. The zero-order chi connectivity index (χ0) is 25.7. The Kier molecular flexibility index (Phi) is 7.74. The van der Waals surface area contributed by atoms with Crippen LogP contribution < -0.4 is 10.6 Å². The number of hydrogen-bond acceptors (Lipinski definition) is 3. The number of hydrogen-bond donors (Lipinski definition) is 3. The molecule has 0 radical (unpaired) electrons. The zero-order valence-electron chi connectivity index (χ0n) is 19.5. The molecule has 2 aliphatic carbocycles. The van der Waals surface area contributed by atoms with Crippen LogP contribution >= 0.6 is 0 Å². The predicted molar refractivity (Wildman–Crippen MR) is 132 cm³/mol. The smallest absolute Gasteiger partial charge is 0.475 e. The lowest BCUT2D eigenvalue weighted by molar-refractivity contribution is -0.192. The molecule has 1 amide bonds. The van der Waals surface area contributed by atoms with Gasteiger partial charge in [-0.05, 0) is 72.7 Å². The SMILES string of the molecule is O=C(Nc1cccc(-c2ccccc2)c1)c1cccc([C@@H]2C[C@H]2NCC2CC2)c1.O=C(O)C(F)(F)F. The van der Waals surface area contributed by atoms with Gasteiger partial charge in [-0.15, -0.1) is 0 Å². The highest BCUT2D eigenvalue weighted by molar-refractivity contribution is 6.04. The molecule has 188 valence electrons. The summed E-state index contributed by atoms with van der Waals surface area (Å²) in [6.45, 7) is 1.15. The lowest BCUT2D eigenvalue weighted by Gasteiger charge is -2.09. The van der Waals surface area contributed by atoms with Gasteiger partial charge in [0.2, 0.25) is 0 Å². The van der Waals surface area contributed by atoms with Crippen LogP contribution in [-0.2, 0) is 4.79 Å². The fraction of sp³-hybridized carbons (Fsp3) is 0.286. The number of alkyl halides is 3. The van der Waals surface area contributed by atoms with Crippen molar-refractivity contribution in [3.63, 3.8) is 0 Å². The monoisotopic (exact) mass is 496 g/mol. The average Bonchev–Trinajstić information content (AvgIpc) is 3.79. The molecule has 0 aliphatic heterocycles. The minimum atomic E-state index is -5.08. The summed E-state index contributed by atoms with van der Waals surface area (Å²) in [6, 6.07) is 26.9. The molecule has 2 fully saturated rings. The number of carbonyl (C=O) groups excluding carboxylic acids is 1. The Morgan fingerprint density at radius 2 is 1.56 bits per heavy atom. The zero-order valence-corrected chi connectivity index (χ0v) is 19.5. The van der Waals surface area contributed by atoms with Crippen LogP contribution in [0.5, 0.6) is 0 Å². The summed E-state index contributed by atoms with van der Waals surface area (Å²) >= 11 is 0. The van der Waals surface area contributed by atoms with Crippen LogP contribution in [0, 0.1) is 5.92 Å². The van der Waals surface area contributed by atoms with Gasteiger partial charge in [-0.2, -0.15) is 13.2 Å². The molecule has 2 aliphatic rings. The van der Waals surface area contributed by atoms with Gasteiger partial charge in [-0.3, -0.25) is 4.79 Å². The second kappa shape index (κ2) is 11.0. The van der Waals surface area contributed by atoms with Crippen LogP contribution in [0.2, 0.25) is 0 Å². The summed E-state index contributed by atoms with van der Waals surface area (Å²) in [7, 11) is 0. The summed E-state index contributed by atoms with van der Waals surface area (Å²) in [6.07, 6.45) is -1.14. The molecule has 2 atom stereocenters. The summed E-state index contributed by atoms with van der Waals surface area (Å²) < 4.78 is 31.7. The molecule has 3 aromatic carbocycles. The highest BCUT2D eigenvalue weighted by Gasteiger charge is 2.39. The Morgan fingerprint density at radius 3 is 2.22 bits per heavy atom. The number of carboxylic acids is 1. The maximum atomic E-state index is 12.8. The maximum Gasteiger partial charge on any atom is 0.490 e. The minimum Gasteiger partial charge on any atom is -0.475 e. The van der Waals surface area contributed by atoms with Gasteiger partial charge in [0.15, 0.2) is 0 Å². The van der Waals surface area contributed by atoms with Crippen molar-refractivity contribution < 1.29 is 27.9 Å². The van der Waals surface area contributed by atoms with Crippen molar-refractivity contribution in [1.29, 1.82) is 0 Å². The van der Waals surface area contributed by atoms with Crippen LogP contribution in [0.4, 0.5) is 18.9 Å². The van der Waals surface area contributed by atoms with E-state index in [-0.39, 0.29) is 5.91 Å². The van der Waals surface area contributed by atoms with E-state index in [1.807, 2.05) is 48.5 Å². The number of halogens is 3. The fourth-order valence-electron chi connectivity index (χ4n) is 3.95. The number of aliphatic carboxylic acids is 1.